The molecule has 0 radical (unpaired) electrons. The number of carbonyl (C=O) groups excluding carboxylic acids is 1. The Morgan fingerprint density at radius 2 is 1.54 bits per heavy atom. The molecular weight excluding hydrogens is 492 g/mol. The van der Waals surface area contributed by atoms with Crippen LogP contribution >= 0.6 is 0 Å². The Hall–Kier alpha value is -3.72. The third kappa shape index (κ3) is 6.54. The minimum Gasteiger partial charge on any atom is -0.493 e. The van der Waals surface area contributed by atoms with Crippen molar-refractivity contribution < 1.29 is 27.4 Å². The topological polar surface area (TPSA) is 94.2 Å². The molecule has 0 aliphatic heterocycles. The molecule has 0 saturated heterocycles. The number of hydrogen-bond donors (Lipinski definition) is 1. The van der Waals surface area contributed by atoms with E-state index < -0.39 is 10.0 Å². The van der Waals surface area contributed by atoms with Gasteiger partial charge < -0.3 is 19.5 Å². The highest BCUT2D eigenvalue weighted by Crippen LogP contribution is 2.32. The number of nitrogens with zero attached hydrogens (tertiary/aromatic N) is 1. The van der Waals surface area contributed by atoms with E-state index >= 15 is 0 Å². The first-order valence-corrected chi connectivity index (χ1v) is 13.2. The Morgan fingerprint density at radius 3 is 2.16 bits per heavy atom. The lowest BCUT2D eigenvalue weighted by Crippen LogP contribution is -2.29. The standard InChI is InChI=1S/C28H34N2O6S/c1-28(2,3)23-9-7-8-10-24(23)36-18-17-29-27(31)20-11-13-21(14-12-20)30(4)37(32,33)22-15-16-25(34-5)26(19-22)35-6/h7-16,19H,17-18H2,1-6H3,(H,29,31). The van der Waals surface area contributed by atoms with Crippen molar-refractivity contribution in [3.63, 3.8) is 0 Å². The fraction of sp³-hybridized carbons (Fsp3) is 0.321. The van der Waals surface area contributed by atoms with E-state index in [1.165, 1.54) is 33.4 Å². The molecule has 3 rings (SSSR count). The number of rotatable bonds is 10. The van der Waals surface area contributed by atoms with Gasteiger partial charge in [0.1, 0.15) is 12.4 Å². The average Bonchev–Trinajstić information content (AvgIpc) is 2.89. The Balaban J connectivity index is 1.62. The molecule has 0 aliphatic carbocycles. The van der Waals surface area contributed by atoms with Crippen LogP contribution in [0.4, 0.5) is 5.69 Å². The average molecular weight is 527 g/mol. The number of nitrogens with one attached hydrogen (secondary N) is 1. The van der Waals surface area contributed by atoms with Crippen molar-refractivity contribution in [2.45, 2.75) is 31.1 Å². The molecule has 0 bridgehead atoms. The minimum atomic E-state index is -3.86. The molecule has 0 saturated carbocycles. The van der Waals surface area contributed by atoms with Crippen molar-refractivity contribution >= 4 is 21.6 Å². The maximum absolute atomic E-state index is 13.1. The van der Waals surface area contributed by atoms with Gasteiger partial charge in [-0.3, -0.25) is 9.10 Å². The van der Waals surface area contributed by atoms with Gasteiger partial charge in [-0.15, -0.1) is 0 Å². The minimum absolute atomic E-state index is 0.0539. The number of sulfonamides is 1. The summed E-state index contributed by atoms with van der Waals surface area (Å²) in [5, 5.41) is 2.83. The molecule has 198 valence electrons. The van der Waals surface area contributed by atoms with Gasteiger partial charge >= 0.3 is 0 Å². The number of hydrogen-bond acceptors (Lipinski definition) is 6. The molecule has 8 nitrogen and oxygen atoms in total. The van der Waals surface area contributed by atoms with Gasteiger partial charge in [-0.1, -0.05) is 39.0 Å². The van der Waals surface area contributed by atoms with Crippen LogP contribution in [0.3, 0.4) is 0 Å². The van der Waals surface area contributed by atoms with Crippen LogP contribution in [-0.2, 0) is 15.4 Å². The van der Waals surface area contributed by atoms with Crippen molar-refractivity contribution in [2.75, 3.05) is 38.7 Å². The van der Waals surface area contributed by atoms with Gasteiger partial charge in [-0.25, -0.2) is 8.42 Å². The second-order valence-corrected chi connectivity index (χ2v) is 11.4. The zero-order chi connectivity index (χ0) is 27.2. The quantitative estimate of drug-likeness (QED) is 0.387. The van der Waals surface area contributed by atoms with Gasteiger partial charge in [-0.05, 0) is 53.4 Å². The molecule has 9 heteroatoms. The van der Waals surface area contributed by atoms with Crippen molar-refractivity contribution in [2.24, 2.45) is 0 Å². The largest absolute Gasteiger partial charge is 0.493 e. The predicted molar refractivity (Wildman–Crippen MR) is 145 cm³/mol. The highest BCUT2D eigenvalue weighted by molar-refractivity contribution is 7.92. The fourth-order valence-corrected chi connectivity index (χ4v) is 4.95. The van der Waals surface area contributed by atoms with Crippen molar-refractivity contribution in [3.8, 4) is 17.2 Å². The lowest BCUT2D eigenvalue weighted by atomic mass is 9.86. The zero-order valence-corrected chi connectivity index (χ0v) is 22.9. The molecule has 0 heterocycles. The SMILES string of the molecule is COc1ccc(S(=O)(=O)N(C)c2ccc(C(=O)NCCOc3ccccc3C(C)(C)C)cc2)cc1OC. The van der Waals surface area contributed by atoms with Crippen LogP contribution < -0.4 is 23.8 Å². The molecule has 3 aromatic carbocycles. The van der Waals surface area contributed by atoms with Crippen LogP contribution in [0.5, 0.6) is 17.2 Å². The summed E-state index contributed by atoms with van der Waals surface area (Å²) in [6, 6.07) is 18.6. The van der Waals surface area contributed by atoms with Gasteiger partial charge in [0.25, 0.3) is 15.9 Å². The third-order valence-corrected chi connectivity index (χ3v) is 7.63. The van der Waals surface area contributed by atoms with Gasteiger partial charge in [0.05, 0.1) is 31.3 Å². The first-order chi connectivity index (χ1) is 17.5. The van der Waals surface area contributed by atoms with Crippen molar-refractivity contribution in [3.05, 3.63) is 77.9 Å². The maximum atomic E-state index is 13.1. The lowest BCUT2D eigenvalue weighted by molar-refractivity contribution is 0.0947. The van der Waals surface area contributed by atoms with E-state index in [0.717, 1.165) is 15.6 Å². The zero-order valence-electron chi connectivity index (χ0n) is 22.1. The molecule has 0 unspecified atom stereocenters. The molecule has 0 aromatic heterocycles. The fourth-order valence-electron chi connectivity index (χ4n) is 3.74. The first-order valence-electron chi connectivity index (χ1n) is 11.8. The van der Waals surface area contributed by atoms with E-state index in [-0.39, 0.29) is 16.2 Å². The van der Waals surface area contributed by atoms with Crippen LogP contribution in [-0.4, -0.2) is 48.7 Å². The van der Waals surface area contributed by atoms with Crippen LogP contribution in [0, 0.1) is 0 Å². The first kappa shape index (κ1) is 27.9. The number of carbonyl (C=O) groups is 1. The summed E-state index contributed by atoms with van der Waals surface area (Å²) in [5.41, 5.74) is 1.87. The summed E-state index contributed by atoms with van der Waals surface area (Å²) in [7, 11) is 0.516. The number of anilines is 1. The van der Waals surface area contributed by atoms with Crippen molar-refractivity contribution in [1.82, 2.24) is 5.32 Å². The molecule has 3 aromatic rings. The summed E-state index contributed by atoms with van der Waals surface area (Å²) in [5.74, 6) is 1.27. The number of amides is 1. The number of methoxy groups -OCH3 is 2. The Kier molecular flexibility index (Phi) is 8.70. The summed E-state index contributed by atoms with van der Waals surface area (Å²) < 4.78 is 43.7. The number of para-hydroxylation sites is 1. The smallest absolute Gasteiger partial charge is 0.264 e. The van der Waals surface area contributed by atoms with Gasteiger partial charge in [-0.2, -0.15) is 0 Å². The van der Waals surface area contributed by atoms with Crippen LogP contribution in [0.15, 0.2) is 71.6 Å². The molecule has 1 amide bonds. The molecule has 37 heavy (non-hydrogen) atoms. The third-order valence-electron chi connectivity index (χ3n) is 5.85. The summed E-state index contributed by atoms with van der Waals surface area (Å²) >= 11 is 0. The lowest BCUT2D eigenvalue weighted by Gasteiger charge is -2.22. The summed E-state index contributed by atoms with van der Waals surface area (Å²) in [6.07, 6.45) is 0. The molecule has 1 N–H and O–H groups in total. The Bertz CT molecular complexity index is 1330. The Morgan fingerprint density at radius 1 is 0.892 bits per heavy atom. The van der Waals surface area contributed by atoms with E-state index in [2.05, 4.69) is 26.1 Å². The Labute approximate surface area is 219 Å². The van der Waals surface area contributed by atoms with E-state index in [1.807, 2.05) is 24.3 Å². The van der Waals surface area contributed by atoms with E-state index in [1.54, 1.807) is 30.3 Å². The molecular formula is C28H34N2O6S. The highest BCUT2D eigenvalue weighted by Gasteiger charge is 2.23. The van der Waals surface area contributed by atoms with Gasteiger partial charge in [0.2, 0.25) is 0 Å². The van der Waals surface area contributed by atoms with Crippen molar-refractivity contribution in [1.29, 1.82) is 0 Å². The van der Waals surface area contributed by atoms with Crippen LogP contribution in [0.25, 0.3) is 0 Å². The number of ether oxygens (including phenoxy) is 3. The normalized spacial score (nSPS) is 11.5. The van der Waals surface area contributed by atoms with Crippen LogP contribution in [0.1, 0.15) is 36.7 Å². The van der Waals surface area contributed by atoms with Crippen LogP contribution in [0.2, 0.25) is 0 Å². The van der Waals surface area contributed by atoms with Gasteiger partial charge in [0.15, 0.2) is 11.5 Å². The van der Waals surface area contributed by atoms with E-state index in [9.17, 15) is 13.2 Å². The second kappa shape index (κ2) is 11.6. The molecule has 0 fully saturated rings. The van der Waals surface area contributed by atoms with E-state index in [0.29, 0.717) is 35.9 Å². The summed E-state index contributed by atoms with van der Waals surface area (Å²) in [4.78, 5) is 12.6. The second-order valence-electron chi connectivity index (χ2n) is 9.39. The monoisotopic (exact) mass is 526 g/mol. The molecule has 0 atom stereocenters. The number of benzene rings is 3. The maximum Gasteiger partial charge on any atom is 0.264 e. The highest BCUT2D eigenvalue weighted by atomic mass is 32.2. The van der Waals surface area contributed by atoms with E-state index in [4.69, 9.17) is 14.2 Å². The summed E-state index contributed by atoms with van der Waals surface area (Å²) in [6.45, 7) is 7.02. The van der Waals surface area contributed by atoms with Gasteiger partial charge in [0, 0.05) is 18.7 Å². The predicted octanol–water partition coefficient (Wildman–Crippen LogP) is 4.64. The molecule has 0 spiro atoms. The molecule has 0 aliphatic rings.